The summed E-state index contributed by atoms with van der Waals surface area (Å²) in [7, 11) is 0. The Morgan fingerprint density at radius 1 is 1.30 bits per heavy atom. The van der Waals surface area contributed by atoms with E-state index in [-0.39, 0.29) is 35.5 Å². The van der Waals surface area contributed by atoms with Crippen LogP contribution in [0.15, 0.2) is 18.2 Å². The van der Waals surface area contributed by atoms with Crippen LogP contribution >= 0.6 is 0 Å². The zero-order chi connectivity index (χ0) is 16.2. The van der Waals surface area contributed by atoms with Gasteiger partial charge in [0.2, 0.25) is 0 Å². The number of aryl methyl sites for hydroxylation is 1. The van der Waals surface area contributed by atoms with Crippen molar-refractivity contribution in [2.24, 2.45) is 11.3 Å². The van der Waals surface area contributed by atoms with Gasteiger partial charge >= 0.3 is 6.03 Å². The molecule has 1 saturated heterocycles. The van der Waals surface area contributed by atoms with Crippen LogP contribution in [0, 0.1) is 17.2 Å². The lowest BCUT2D eigenvalue weighted by Gasteiger charge is -2.54. The molecule has 2 aliphatic carbocycles. The van der Waals surface area contributed by atoms with Crippen LogP contribution in [-0.4, -0.2) is 24.8 Å². The summed E-state index contributed by atoms with van der Waals surface area (Å²) in [5.41, 5.74) is 2.01. The molecule has 3 aliphatic rings. The highest BCUT2D eigenvalue weighted by Crippen LogP contribution is 2.52. The number of hydrogen-bond acceptors (Lipinski definition) is 2. The summed E-state index contributed by atoms with van der Waals surface area (Å²) in [6.07, 6.45) is 2.98. The number of hydrogen-bond donors (Lipinski definition) is 2. The number of fused-ring (bicyclic) bond motifs is 2. The van der Waals surface area contributed by atoms with Gasteiger partial charge in [-0.05, 0) is 42.5 Å². The molecule has 2 fully saturated rings. The fourth-order valence-electron chi connectivity index (χ4n) is 4.68. The normalized spacial score (nSPS) is 33.5. The van der Waals surface area contributed by atoms with Crippen molar-refractivity contribution in [3.05, 3.63) is 35.1 Å². The summed E-state index contributed by atoms with van der Waals surface area (Å²) < 4.78 is 19.2. The van der Waals surface area contributed by atoms with E-state index in [0.717, 1.165) is 37.0 Å². The third-order valence-electron chi connectivity index (χ3n) is 5.88. The van der Waals surface area contributed by atoms with Crippen LogP contribution in [0.4, 0.5) is 9.18 Å². The minimum Gasteiger partial charge on any atom is -0.377 e. The molecule has 0 bridgehead atoms. The lowest BCUT2D eigenvalue weighted by molar-refractivity contribution is -0.108. The number of carbonyl (C=O) groups is 1. The van der Waals surface area contributed by atoms with Crippen molar-refractivity contribution in [1.82, 2.24) is 10.6 Å². The summed E-state index contributed by atoms with van der Waals surface area (Å²) in [6.45, 7) is 5.07. The molecular weight excluding hydrogens is 295 g/mol. The Morgan fingerprint density at radius 3 is 2.96 bits per heavy atom. The molecule has 0 spiro atoms. The highest BCUT2D eigenvalue weighted by molar-refractivity contribution is 5.75. The molecule has 1 aromatic carbocycles. The van der Waals surface area contributed by atoms with Crippen molar-refractivity contribution in [1.29, 1.82) is 0 Å². The molecule has 0 radical (unpaired) electrons. The maximum Gasteiger partial charge on any atom is 0.315 e. The fourth-order valence-corrected chi connectivity index (χ4v) is 4.68. The standard InChI is InChI=1S/C18H23FN2O2/c1-18(2)15(12-7-8-23-16(12)18)21-17(22)20-14-6-4-10-3-5-11(19)9-13(10)14/h3,5,9,12,14-16H,4,6-8H2,1-2H3,(H2,20,21,22)/t12-,14-,15-,16-/m0/s1. The van der Waals surface area contributed by atoms with E-state index in [9.17, 15) is 9.18 Å². The molecule has 1 saturated carbocycles. The van der Waals surface area contributed by atoms with Gasteiger partial charge < -0.3 is 15.4 Å². The molecule has 1 aliphatic heterocycles. The predicted molar refractivity (Wildman–Crippen MR) is 84.5 cm³/mol. The number of benzene rings is 1. The molecule has 23 heavy (non-hydrogen) atoms. The van der Waals surface area contributed by atoms with Crippen LogP contribution in [0.3, 0.4) is 0 Å². The quantitative estimate of drug-likeness (QED) is 0.881. The van der Waals surface area contributed by atoms with Crippen molar-refractivity contribution in [2.75, 3.05) is 6.61 Å². The van der Waals surface area contributed by atoms with Gasteiger partial charge in [0.15, 0.2) is 0 Å². The molecule has 4 atom stereocenters. The van der Waals surface area contributed by atoms with Crippen LogP contribution in [0.25, 0.3) is 0 Å². The SMILES string of the molecule is CC1(C)[C@@H](NC(=O)N[C@H]2CCc3ccc(F)cc32)[C@@H]2CCO[C@@H]21. The topological polar surface area (TPSA) is 50.4 Å². The second kappa shape index (κ2) is 5.20. The Kier molecular flexibility index (Phi) is 3.38. The van der Waals surface area contributed by atoms with Gasteiger partial charge in [-0.15, -0.1) is 0 Å². The summed E-state index contributed by atoms with van der Waals surface area (Å²) in [4.78, 5) is 12.4. The number of rotatable bonds is 2. The van der Waals surface area contributed by atoms with E-state index < -0.39 is 0 Å². The van der Waals surface area contributed by atoms with Gasteiger partial charge in [0.1, 0.15) is 5.82 Å². The molecule has 2 amide bonds. The van der Waals surface area contributed by atoms with Gasteiger partial charge in [0.25, 0.3) is 0 Å². The molecule has 1 heterocycles. The molecule has 124 valence electrons. The Balaban J connectivity index is 1.41. The van der Waals surface area contributed by atoms with Crippen molar-refractivity contribution in [3.8, 4) is 0 Å². The van der Waals surface area contributed by atoms with Crippen LogP contribution in [-0.2, 0) is 11.2 Å². The fraction of sp³-hybridized carbons (Fsp3) is 0.611. The van der Waals surface area contributed by atoms with Gasteiger partial charge in [0.05, 0.1) is 12.1 Å². The van der Waals surface area contributed by atoms with E-state index >= 15 is 0 Å². The van der Waals surface area contributed by atoms with Gasteiger partial charge in [0, 0.05) is 24.0 Å². The first-order valence-electron chi connectivity index (χ1n) is 8.44. The first kappa shape index (κ1) is 14.9. The maximum absolute atomic E-state index is 13.5. The summed E-state index contributed by atoms with van der Waals surface area (Å²) >= 11 is 0. The monoisotopic (exact) mass is 318 g/mol. The van der Waals surface area contributed by atoms with Gasteiger partial charge in [-0.3, -0.25) is 0 Å². The zero-order valence-electron chi connectivity index (χ0n) is 13.6. The summed E-state index contributed by atoms with van der Waals surface area (Å²) in [5, 5.41) is 6.15. The highest BCUT2D eigenvalue weighted by Gasteiger charge is 2.59. The Hall–Kier alpha value is -1.62. The lowest BCUT2D eigenvalue weighted by Crippen LogP contribution is -2.67. The molecule has 1 aromatic rings. The van der Waals surface area contributed by atoms with Crippen LogP contribution in [0.5, 0.6) is 0 Å². The predicted octanol–water partition coefficient (Wildman–Crippen LogP) is 2.93. The molecule has 2 N–H and O–H groups in total. The largest absolute Gasteiger partial charge is 0.377 e. The third-order valence-corrected chi connectivity index (χ3v) is 5.88. The Labute approximate surface area is 135 Å². The van der Waals surface area contributed by atoms with E-state index in [1.165, 1.54) is 6.07 Å². The van der Waals surface area contributed by atoms with Crippen molar-refractivity contribution in [3.63, 3.8) is 0 Å². The number of ether oxygens (including phenoxy) is 1. The summed E-state index contributed by atoms with van der Waals surface area (Å²) in [6, 6.07) is 4.73. The first-order valence-corrected chi connectivity index (χ1v) is 8.44. The molecule has 0 unspecified atom stereocenters. The van der Waals surface area contributed by atoms with Gasteiger partial charge in [-0.2, -0.15) is 0 Å². The van der Waals surface area contributed by atoms with E-state index in [1.807, 2.05) is 6.07 Å². The number of nitrogens with one attached hydrogen (secondary N) is 2. The number of carbonyl (C=O) groups excluding carboxylic acids is 1. The molecular formula is C18H23FN2O2. The van der Waals surface area contributed by atoms with Crippen molar-refractivity contribution >= 4 is 6.03 Å². The molecule has 4 nitrogen and oxygen atoms in total. The molecule has 4 rings (SSSR count). The maximum atomic E-state index is 13.5. The number of amides is 2. The second-order valence-electron chi connectivity index (χ2n) is 7.60. The van der Waals surface area contributed by atoms with E-state index in [2.05, 4.69) is 24.5 Å². The Bertz CT molecular complexity index is 646. The van der Waals surface area contributed by atoms with Crippen LogP contribution in [0.2, 0.25) is 0 Å². The first-order chi connectivity index (χ1) is 11.0. The molecule has 0 aromatic heterocycles. The Morgan fingerprint density at radius 2 is 2.13 bits per heavy atom. The minimum atomic E-state index is -0.246. The average molecular weight is 318 g/mol. The minimum absolute atomic E-state index is 0.0296. The average Bonchev–Trinajstić information content (AvgIpc) is 3.11. The van der Waals surface area contributed by atoms with Crippen molar-refractivity contribution in [2.45, 2.75) is 51.3 Å². The molecule has 5 heteroatoms. The van der Waals surface area contributed by atoms with Crippen LogP contribution in [0.1, 0.15) is 43.9 Å². The number of halogens is 1. The van der Waals surface area contributed by atoms with E-state index in [0.29, 0.717) is 5.92 Å². The van der Waals surface area contributed by atoms with E-state index in [1.54, 1.807) is 6.07 Å². The van der Waals surface area contributed by atoms with Crippen LogP contribution < -0.4 is 10.6 Å². The smallest absolute Gasteiger partial charge is 0.315 e. The lowest BCUT2D eigenvalue weighted by atomic mass is 9.57. The second-order valence-corrected chi connectivity index (χ2v) is 7.60. The third kappa shape index (κ3) is 2.33. The van der Waals surface area contributed by atoms with Crippen molar-refractivity contribution < 1.29 is 13.9 Å². The highest BCUT2D eigenvalue weighted by atomic mass is 19.1. The number of urea groups is 1. The van der Waals surface area contributed by atoms with Gasteiger partial charge in [-0.25, -0.2) is 9.18 Å². The summed E-state index contributed by atoms with van der Waals surface area (Å²) in [5.74, 6) is 0.174. The van der Waals surface area contributed by atoms with Gasteiger partial charge in [-0.1, -0.05) is 19.9 Å². The zero-order valence-corrected chi connectivity index (χ0v) is 13.6. The van der Waals surface area contributed by atoms with E-state index in [4.69, 9.17) is 4.74 Å².